The molecule has 0 saturated heterocycles. The fourth-order valence-corrected chi connectivity index (χ4v) is 4.33. The second kappa shape index (κ2) is 8.98. The number of hydrogen-bond acceptors (Lipinski definition) is 5. The second-order valence-corrected chi connectivity index (χ2v) is 9.55. The van der Waals surface area contributed by atoms with Crippen molar-refractivity contribution in [1.82, 2.24) is 18.9 Å². The van der Waals surface area contributed by atoms with Crippen molar-refractivity contribution in [2.24, 2.45) is 0 Å². The summed E-state index contributed by atoms with van der Waals surface area (Å²) in [5.41, 5.74) is -0.486. The Kier molecular flexibility index (Phi) is 6.33. The summed E-state index contributed by atoms with van der Waals surface area (Å²) in [6.45, 7) is 7.43. The van der Waals surface area contributed by atoms with Crippen LogP contribution in [0.5, 0.6) is 5.75 Å². The van der Waals surface area contributed by atoms with Gasteiger partial charge in [-0.3, -0.25) is 13.9 Å². The third kappa shape index (κ3) is 4.15. The molecule has 2 aromatic carbocycles. The number of fused-ring (bicyclic) bond motifs is 1. The molecule has 4 rings (SSSR count). The van der Waals surface area contributed by atoms with Gasteiger partial charge in [0.15, 0.2) is 5.82 Å². The van der Waals surface area contributed by atoms with E-state index in [1.165, 1.54) is 22.3 Å². The van der Waals surface area contributed by atoms with E-state index in [2.05, 4.69) is 5.10 Å². The van der Waals surface area contributed by atoms with E-state index in [9.17, 15) is 14.7 Å². The summed E-state index contributed by atoms with van der Waals surface area (Å²) in [6.07, 6.45) is 1.68. The Labute approximate surface area is 205 Å². The van der Waals surface area contributed by atoms with Gasteiger partial charge in [0.05, 0.1) is 23.2 Å². The minimum Gasteiger partial charge on any atom is -0.497 e. The zero-order valence-corrected chi connectivity index (χ0v) is 20.9. The lowest BCUT2D eigenvalue weighted by Gasteiger charge is -2.24. The number of aliphatic hydroxyl groups excluding tert-OH is 1. The van der Waals surface area contributed by atoms with Crippen LogP contribution in [0, 0.1) is 5.82 Å². The normalized spacial score (nSPS) is 11.9. The molecule has 0 atom stereocenters. The van der Waals surface area contributed by atoms with Crippen LogP contribution in [0.2, 0.25) is 5.02 Å². The summed E-state index contributed by atoms with van der Waals surface area (Å²) in [4.78, 5) is 26.4. The van der Waals surface area contributed by atoms with Crippen molar-refractivity contribution >= 4 is 22.4 Å². The number of pyridine rings is 1. The molecule has 0 aliphatic rings. The summed E-state index contributed by atoms with van der Waals surface area (Å²) in [5, 5.41) is 14.6. The van der Waals surface area contributed by atoms with Crippen molar-refractivity contribution in [3.63, 3.8) is 0 Å². The van der Waals surface area contributed by atoms with Crippen molar-refractivity contribution in [3.8, 4) is 17.1 Å². The van der Waals surface area contributed by atoms with E-state index in [0.717, 1.165) is 16.3 Å². The van der Waals surface area contributed by atoms with E-state index in [1.807, 2.05) is 20.8 Å². The molecule has 2 aromatic heterocycles. The molecule has 0 aliphatic heterocycles. The minimum atomic E-state index is -0.795. The number of halogens is 2. The van der Waals surface area contributed by atoms with Crippen LogP contribution >= 0.6 is 11.6 Å². The molecule has 2 heterocycles. The molecule has 0 spiro atoms. The first-order valence-electron chi connectivity index (χ1n) is 11.0. The van der Waals surface area contributed by atoms with Crippen LogP contribution in [0.1, 0.15) is 39.1 Å². The van der Waals surface area contributed by atoms with Gasteiger partial charge >= 0.3 is 5.69 Å². The quantitative estimate of drug-likeness (QED) is 0.448. The standard InChI is InChI=1S/C25H26ClFN4O4/c1-6-29-22(13-32)28-31(24(29)34)21-11-15-16(10-19(21)27)23(33)30(12-17(15)25(2,3)4)20-9-14(35-5)7-8-18(20)26/h7-12,32H,6,13H2,1-5H3. The second-order valence-electron chi connectivity index (χ2n) is 9.15. The van der Waals surface area contributed by atoms with Crippen molar-refractivity contribution in [1.29, 1.82) is 0 Å². The lowest BCUT2D eigenvalue weighted by molar-refractivity contribution is 0.264. The van der Waals surface area contributed by atoms with Crippen LogP contribution in [0.15, 0.2) is 46.1 Å². The highest BCUT2D eigenvalue weighted by Gasteiger charge is 2.24. The fourth-order valence-electron chi connectivity index (χ4n) is 4.12. The van der Waals surface area contributed by atoms with Gasteiger partial charge in [-0.25, -0.2) is 9.18 Å². The molecule has 8 nitrogen and oxygen atoms in total. The Morgan fingerprint density at radius 3 is 2.40 bits per heavy atom. The lowest BCUT2D eigenvalue weighted by Crippen LogP contribution is -2.26. The molecule has 0 unspecified atom stereocenters. The Morgan fingerprint density at radius 1 is 1.11 bits per heavy atom. The number of benzene rings is 2. The lowest BCUT2D eigenvalue weighted by atomic mass is 9.84. The zero-order chi connectivity index (χ0) is 25.7. The Morgan fingerprint density at radius 2 is 1.83 bits per heavy atom. The fraction of sp³-hybridized carbons (Fsp3) is 0.320. The third-order valence-electron chi connectivity index (χ3n) is 5.93. The van der Waals surface area contributed by atoms with Crippen molar-refractivity contribution in [2.45, 2.75) is 46.3 Å². The number of nitrogens with zero attached hydrogens (tertiary/aromatic N) is 4. The summed E-state index contributed by atoms with van der Waals surface area (Å²) >= 11 is 6.42. The van der Waals surface area contributed by atoms with E-state index in [1.54, 1.807) is 31.3 Å². The van der Waals surface area contributed by atoms with Crippen LogP contribution < -0.4 is 16.0 Å². The first-order chi connectivity index (χ1) is 16.5. The third-order valence-corrected chi connectivity index (χ3v) is 6.25. The summed E-state index contributed by atoms with van der Waals surface area (Å²) in [5.74, 6) is -0.159. The van der Waals surface area contributed by atoms with Crippen LogP contribution in [0.3, 0.4) is 0 Å². The van der Waals surface area contributed by atoms with Gasteiger partial charge in [0.2, 0.25) is 0 Å². The number of rotatable bonds is 5. The van der Waals surface area contributed by atoms with E-state index in [-0.39, 0.29) is 23.4 Å². The highest BCUT2D eigenvalue weighted by atomic mass is 35.5. The Bertz CT molecular complexity index is 1560. The first-order valence-corrected chi connectivity index (χ1v) is 11.4. The number of aromatic nitrogens is 4. The topological polar surface area (TPSA) is 91.3 Å². The predicted octanol–water partition coefficient (Wildman–Crippen LogP) is 3.95. The van der Waals surface area contributed by atoms with Crippen LogP contribution in [0.4, 0.5) is 4.39 Å². The van der Waals surface area contributed by atoms with E-state index in [4.69, 9.17) is 16.3 Å². The van der Waals surface area contributed by atoms with Crippen LogP contribution in [0.25, 0.3) is 22.1 Å². The van der Waals surface area contributed by atoms with Gasteiger partial charge in [-0.05, 0) is 47.6 Å². The van der Waals surface area contributed by atoms with Crippen molar-refractivity contribution < 1.29 is 14.2 Å². The van der Waals surface area contributed by atoms with Gasteiger partial charge in [0.1, 0.15) is 23.9 Å². The summed E-state index contributed by atoms with van der Waals surface area (Å²) in [7, 11) is 1.51. The molecular formula is C25H26ClFN4O4. The van der Waals surface area contributed by atoms with Gasteiger partial charge in [-0.1, -0.05) is 32.4 Å². The summed E-state index contributed by atoms with van der Waals surface area (Å²) in [6, 6.07) is 7.52. The van der Waals surface area contributed by atoms with Crippen LogP contribution in [-0.2, 0) is 18.6 Å². The SMILES string of the molecule is CCn1c(CO)nn(-c2cc3c(C(C)(C)C)cn(-c4cc(OC)ccc4Cl)c(=O)c3cc2F)c1=O. The predicted molar refractivity (Wildman–Crippen MR) is 133 cm³/mol. The maximum absolute atomic E-state index is 15.4. The van der Waals surface area contributed by atoms with Gasteiger partial charge in [0.25, 0.3) is 5.56 Å². The average molecular weight is 501 g/mol. The number of methoxy groups -OCH3 is 1. The Balaban J connectivity index is 2.09. The molecule has 0 fully saturated rings. The molecule has 184 valence electrons. The zero-order valence-electron chi connectivity index (χ0n) is 20.1. The van der Waals surface area contributed by atoms with E-state index < -0.39 is 29.1 Å². The van der Waals surface area contributed by atoms with Crippen LogP contribution in [-0.4, -0.2) is 31.1 Å². The van der Waals surface area contributed by atoms with Gasteiger partial charge < -0.3 is 9.84 Å². The number of aliphatic hydroxyl groups is 1. The first kappa shape index (κ1) is 24.7. The Hall–Kier alpha value is -3.43. The molecule has 0 radical (unpaired) electrons. The van der Waals surface area contributed by atoms with Gasteiger partial charge in [-0.15, -0.1) is 5.10 Å². The van der Waals surface area contributed by atoms with E-state index >= 15 is 4.39 Å². The maximum Gasteiger partial charge on any atom is 0.350 e. The molecule has 10 heteroatoms. The van der Waals surface area contributed by atoms with Crippen molar-refractivity contribution in [3.05, 3.63) is 79.6 Å². The number of ether oxygens (including phenoxy) is 1. The summed E-state index contributed by atoms with van der Waals surface area (Å²) < 4.78 is 24.3. The molecule has 4 aromatic rings. The van der Waals surface area contributed by atoms with Crippen molar-refractivity contribution in [2.75, 3.05) is 7.11 Å². The monoisotopic (exact) mass is 500 g/mol. The van der Waals surface area contributed by atoms with E-state index in [0.29, 0.717) is 21.8 Å². The molecule has 0 bridgehead atoms. The van der Waals surface area contributed by atoms with Gasteiger partial charge in [0, 0.05) is 18.8 Å². The molecule has 0 amide bonds. The molecular weight excluding hydrogens is 475 g/mol. The average Bonchev–Trinajstić information content (AvgIpc) is 3.14. The number of hydrogen-bond donors (Lipinski definition) is 1. The highest BCUT2D eigenvalue weighted by Crippen LogP contribution is 2.33. The smallest absolute Gasteiger partial charge is 0.350 e. The maximum atomic E-state index is 15.4. The van der Waals surface area contributed by atoms with Gasteiger partial charge in [-0.2, -0.15) is 4.68 Å². The molecule has 0 saturated carbocycles. The molecule has 1 N–H and O–H groups in total. The highest BCUT2D eigenvalue weighted by molar-refractivity contribution is 6.32. The molecule has 35 heavy (non-hydrogen) atoms. The minimum absolute atomic E-state index is 0.105. The largest absolute Gasteiger partial charge is 0.497 e. The molecule has 0 aliphatic carbocycles.